The standard InChI is InChI=1S/C17H16N6/c18-11-13-5-6-19-12-16(13)22-7-9-23(10-8-22)17-20-14-3-1-2-4-15(14)21-17/h1-6,12H,7-10H2,(H,20,21). The predicted molar refractivity (Wildman–Crippen MR) is 89.5 cm³/mol. The van der Waals surface area contributed by atoms with E-state index < -0.39 is 0 Å². The fourth-order valence-electron chi connectivity index (χ4n) is 2.98. The van der Waals surface area contributed by atoms with Crippen LogP contribution in [-0.4, -0.2) is 41.1 Å². The van der Waals surface area contributed by atoms with E-state index in [1.165, 1.54) is 0 Å². The number of aromatic nitrogens is 3. The monoisotopic (exact) mass is 304 g/mol. The molecule has 6 heteroatoms. The van der Waals surface area contributed by atoms with Crippen LogP contribution in [0.3, 0.4) is 0 Å². The Hall–Kier alpha value is -3.07. The van der Waals surface area contributed by atoms with Crippen LogP contribution in [0.25, 0.3) is 11.0 Å². The molecular weight excluding hydrogens is 288 g/mol. The van der Waals surface area contributed by atoms with Gasteiger partial charge in [-0.05, 0) is 18.2 Å². The molecule has 0 aliphatic carbocycles. The number of H-pyrrole nitrogens is 1. The van der Waals surface area contributed by atoms with Gasteiger partial charge in [0.25, 0.3) is 0 Å². The number of piperazine rings is 1. The highest BCUT2D eigenvalue weighted by molar-refractivity contribution is 5.77. The van der Waals surface area contributed by atoms with E-state index in [-0.39, 0.29) is 0 Å². The van der Waals surface area contributed by atoms with E-state index in [1.807, 2.05) is 24.3 Å². The molecule has 1 aliphatic heterocycles. The molecule has 1 aromatic carbocycles. The normalized spacial score (nSPS) is 14.9. The van der Waals surface area contributed by atoms with Crippen LogP contribution >= 0.6 is 0 Å². The first kappa shape index (κ1) is 13.6. The largest absolute Gasteiger partial charge is 0.366 e. The van der Waals surface area contributed by atoms with Gasteiger partial charge in [-0.2, -0.15) is 5.26 Å². The van der Waals surface area contributed by atoms with Gasteiger partial charge < -0.3 is 14.8 Å². The van der Waals surface area contributed by atoms with Crippen LogP contribution in [-0.2, 0) is 0 Å². The number of imidazole rings is 1. The third kappa shape index (κ3) is 2.46. The Morgan fingerprint density at radius 3 is 2.61 bits per heavy atom. The second kappa shape index (κ2) is 5.61. The van der Waals surface area contributed by atoms with Gasteiger partial charge in [-0.15, -0.1) is 0 Å². The van der Waals surface area contributed by atoms with Crippen LogP contribution in [0.4, 0.5) is 11.6 Å². The molecule has 0 atom stereocenters. The van der Waals surface area contributed by atoms with E-state index in [0.29, 0.717) is 5.56 Å². The summed E-state index contributed by atoms with van der Waals surface area (Å²) in [6, 6.07) is 12.1. The van der Waals surface area contributed by atoms with Gasteiger partial charge >= 0.3 is 0 Å². The van der Waals surface area contributed by atoms with Crippen LogP contribution in [0.5, 0.6) is 0 Å². The van der Waals surface area contributed by atoms with Crippen molar-refractivity contribution in [1.29, 1.82) is 5.26 Å². The summed E-state index contributed by atoms with van der Waals surface area (Å²) in [6.07, 6.45) is 3.43. The molecule has 6 nitrogen and oxygen atoms in total. The minimum absolute atomic E-state index is 0.678. The number of hydrogen-bond donors (Lipinski definition) is 1. The van der Waals surface area contributed by atoms with Gasteiger partial charge in [0.05, 0.1) is 28.5 Å². The van der Waals surface area contributed by atoms with Crippen LogP contribution in [0, 0.1) is 11.3 Å². The molecule has 23 heavy (non-hydrogen) atoms. The van der Waals surface area contributed by atoms with Gasteiger partial charge in [-0.25, -0.2) is 4.98 Å². The number of hydrogen-bond acceptors (Lipinski definition) is 5. The van der Waals surface area contributed by atoms with Crippen molar-refractivity contribution in [2.75, 3.05) is 36.0 Å². The number of nitrogens with zero attached hydrogens (tertiary/aromatic N) is 5. The summed E-state index contributed by atoms with van der Waals surface area (Å²) < 4.78 is 0. The number of nitriles is 1. The van der Waals surface area contributed by atoms with Crippen molar-refractivity contribution >= 4 is 22.7 Å². The zero-order chi connectivity index (χ0) is 15.6. The fourth-order valence-corrected chi connectivity index (χ4v) is 2.98. The van der Waals surface area contributed by atoms with E-state index in [1.54, 1.807) is 18.5 Å². The highest BCUT2D eigenvalue weighted by Crippen LogP contribution is 2.22. The minimum atomic E-state index is 0.678. The van der Waals surface area contributed by atoms with Crippen LogP contribution in [0.15, 0.2) is 42.7 Å². The summed E-state index contributed by atoms with van der Waals surface area (Å²) in [7, 11) is 0. The molecular formula is C17H16N6. The molecule has 1 N–H and O–H groups in total. The molecule has 1 saturated heterocycles. The zero-order valence-electron chi connectivity index (χ0n) is 12.6. The van der Waals surface area contributed by atoms with Crippen molar-refractivity contribution in [3.63, 3.8) is 0 Å². The number of pyridine rings is 1. The van der Waals surface area contributed by atoms with Crippen LogP contribution in [0.1, 0.15) is 5.56 Å². The highest BCUT2D eigenvalue weighted by atomic mass is 15.3. The lowest BCUT2D eigenvalue weighted by Gasteiger charge is -2.36. The molecule has 3 aromatic rings. The lowest BCUT2D eigenvalue weighted by molar-refractivity contribution is 0.642. The van der Waals surface area contributed by atoms with Gasteiger partial charge in [0.1, 0.15) is 6.07 Å². The SMILES string of the molecule is N#Cc1ccncc1N1CCN(c2nc3ccccc3[nH]2)CC1. The molecule has 1 aliphatic rings. The van der Waals surface area contributed by atoms with E-state index in [4.69, 9.17) is 0 Å². The molecule has 4 rings (SSSR count). The van der Waals surface area contributed by atoms with Gasteiger partial charge in [-0.3, -0.25) is 4.98 Å². The first-order chi connectivity index (χ1) is 11.3. The molecule has 3 heterocycles. The van der Waals surface area contributed by atoms with Gasteiger partial charge in [0.15, 0.2) is 0 Å². The van der Waals surface area contributed by atoms with Crippen LogP contribution in [0.2, 0.25) is 0 Å². The molecule has 0 radical (unpaired) electrons. The van der Waals surface area contributed by atoms with Gasteiger partial charge in [-0.1, -0.05) is 12.1 Å². The number of benzene rings is 1. The molecule has 0 amide bonds. The molecule has 0 saturated carbocycles. The Morgan fingerprint density at radius 1 is 1.04 bits per heavy atom. The third-order valence-corrected chi connectivity index (χ3v) is 4.22. The van der Waals surface area contributed by atoms with Crippen molar-refractivity contribution < 1.29 is 0 Å². The van der Waals surface area contributed by atoms with Crippen molar-refractivity contribution in [2.24, 2.45) is 0 Å². The van der Waals surface area contributed by atoms with Crippen molar-refractivity contribution in [3.8, 4) is 6.07 Å². The summed E-state index contributed by atoms with van der Waals surface area (Å²) in [5.41, 5.74) is 3.64. The Kier molecular flexibility index (Phi) is 3.31. The average molecular weight is 304 g/mol. The first-order valence-electron chi connectivity index (χ1n) is 7.64. The fraction of sp³-hybridized carbons (Fsp3) is 0.235. The predicted octanol–water partition coefficient (Wildman–Crippen LogP) is 2.16. The van der Waals surface area contributed by atoms with Crippen molar-refractivity contribution in [1.82, 2.24) is 15.0 Å². The maximum Gasteiger partial charge on any atom is 0.203 e. The third-order valence-electron chi connectivity index (χ3n) is 4.22. The number of rotatable bonds is 2. The number of fused-ring (bicyclic) bond motifs is 1. The van der Waals surface area contributed by atoms with E-state index in [0.717, 1.165) is 48.8 Å². The first-order valence-corrected chi connectivity index (χ1v) is 7.64. The topological polar surface area (TPSA) is 71.8 Å². The Morgan fingerprint density at radius 2 is 1.83 bits per heavy atom. The van der Waals surface area contributed by atoms with Gasteiger partial charge in [0, 0.05) is 32.4 Å². The quantitative estimate of drug-likeness (QED) is 0.785. The maximum absolute atomic E-state index is 9.23. The Balaban J connectivity index is 1.52. The van der Waals surface area contributed by atoms with Crippen LogP contribution < -0.4 is 9.80 Å². The van der Waals surface area contributed by atoms with Crippen molar-refractivity contribution in [3.05, 3.63) is 48.3 Å². The minimum Gasteiger partial charge on any atom is -0.366 e. The Labute approximate surface area is 134 Å². The van der Waals surface area contributed by atoms with E-state index >= 15 is 0 Å². The maximum atomic E-state index is 9.23. The molecule has 0 bridgehead atoms. The lowest BCUT2D eigenvalue weighted by atomic mass is 10.2. The average Bonchev–Trinajstić information content (AvgIpc) is 3.06. The summed E-state index contributed by atoms with van der Waals surface area (Å²) in [5.74, 6) is 0.914. The smallest absolute Gasteiger partial charge is 0.203 e. The second-order valence-electron chi connectivity index (χ2n) is 5.56. The number of para-hydroxylation sites is 2. The molecule has 1 fully saturated rings. The highest BCUT2D eigenvalue weighted by Gasteiger charge is 2.21. The molecule has 114 valence electrons. The Bertz CT molecular complexity index is 837. The second-order valence-corrected chi connectivity index (χ2v) is 5.56. The van der Waals surface area contributed by atoms with E-state index in [2.05, 4.69) is 30.8 Å². The van der Waals surface area contributed by atoms with Gasteiger partial charge in [0.2, 0.25) is 5.95 Å². The number of aromatic amines is 1. The summed E-state index contributed by atoms with van der Waals surface area (Å²) in [5, 5.41) is 9.23. The lowest BCUT2D eigenvalue weighted by Crippen LogP contribution is -2.47. The number of anilines is 2. The van der Waals surface area contributed by atoms with Crippen molar-refractivity contribution in [2.45, 2.75) is 0 Å². The van der Waals surface area contributed by atoms with E-state index in [9.17, 15) is 5.26 Å². The summed E-state index contributed by atoms with van der Waals surface area (Å²) >= 11 is 0. The molecule has 0 spiro atoms. The molecule has 0 unspecified atom stereocenters. The number of nitrogens with one attached hydrogen (secondary N) is 1. The molecule has 2 aromatic heterocycles. The summed E-state index contributed by atoms with van der Waals surface area (Å²) in [4.78, 5) is 16.6. The summed E-state index contributed by atoms with van der Waals surface area (Å²) in [6.45, 7) is 3.41. The zero-order valence-corrected chi connectivity index (χ0v) is 12.6.